The minimum Gasteiger partial charge on any atom is -0.347 e. The fourth-order valence-corrected chi connectivity index (χ4v) is 3.57. The van der Waals surface area contributed by atoms with E-state index < -0.39 is 0 Å². The number of aromatic nitrogens is 1. The van der Waals surface area contributed by atoms with Gasteiger partial charge in [0.15, 0.2) is 5.13 Å². The first-order valence-electron chi connectivity index (χ1n) is 7.34. The first-order chi connectivity index (χ1) is 10.4. The minimum absolute atomic E-state index is 0.167. The van der Waals surface area contributed by atoms with E-state index in [1.807, 2.05) is 19.0 Å². The number of rotatable bonds is 5. The first-order valence-corrected chi connectivity index (χ1v) is 8.16. The van der Waals surface area contributed by atoms with Crippen molar-refractivity contribution in [3.05, 3.63) is 10.1 Å². The van der Waals surface area contributed by atoms with E-state index in [1.165, 1.54) is 11.3 Å². The van der Waals surface area contributed by atoms with Crippen molar-refractivity contribution in [1.82, 2.24) is 14.8 Å². The van der Waals surface area contributed by atoms with Crippen molar-refractivity contribution in [3.8, 4) is 0 Å². The predicted molar refractivity (Wildman–Crippen MR) is 88.1 cm³/mol. The molecule has 0 aliphatic carbocycles. The van der Waals surface area contributed by atoms with E-state index in [2.05, 4.69) is 33.8 Å². The van der Waals surface area contributed by atoms with Gasteiger partial charge >= 0.3 is 5.00 Å². The van der Waals surface area contributed by atoms with E-state index in [4.69, 9.17) is 0 Å². The van der Waals surface area contributed by atoms with Crippen molar-refractivity contribution in [3.63, 3.8) is 0 Å². The Labute approximate surface area is 134 Å². The molecule has 0 atom stereocenters. The first kappa shape index (κ1) is 15.4. The Morgan fingerprint density at radius 1 is 1.09 bits per heavy atom. The van der Waals surface area contributed by atoms with Crippen LogP contribution in [0.2, 0.25) is 0 Å². The zero-order valence-electron chi connectivity index (χ0n) is 13.4. The number of nitro groups is 1. The lowest BCUT2D eigenvalue weighted by Crippen LogP contribution is -2.58. The smallest absolute Gasteiger partial charge is 0.347 e. The van der Waals surface area contributed by atoms with Crippen LogP contribution in [-0.2, 0) is 0 Å². The molecule has 0 aromatic carbocycles. The molecule has 0 spiro atoms. The van der Waals surface area contributed by atoms with Gasteiger partial charge in [-0.25, -0.2) is 0 Å². The van der Waals surface area contributed by atoms with Gasteiger partial charge in [0.05, 0.1) is 4.92 Å². The lowest BCUT2D eigenvalue weighted by molar-refractivity contribution is -0.379. The highest BCUT2D eigenvalue weighted by Crippen LogP contribution is 2.41. The largest absolute Gasteiger partial charge is 0.369 e. The molecule has 0 amide bonds. The molecule has 9 heteroatoms. The summed E-state index contributed by atoms with van der Waals surface area (Å²) in [5.74, 6) is 0.538. The Hall–Kier alpha value is -1.45. The fraction of sp³-hybridized carbons (Fsp3) is 0.769. The Morgan fingerprint density at radius 3 is 2.05 bits per heavy atom. The van der Waals surface area contributed by atoms with E-state index in [1.54, 1.807) is 0 Å². The molecule has 0 unspecified atom stereocenters. The van der Waals surface area contributed by atoms with Crippen LogP contribution < -0.4 is 9.80 Å². The molecule has 8 nitrogen and oxygen atoms in total. The standard InChI is InChI=1S/C13H22N6O2S/c1-15(2)9-5-17(6-9)11-12(19(20)21)22-13(14-11)18-7-10(8-18)16(3)4/h9-10H,5-8H2,1-4H3. The molecule has 22 heavy (non-hydrogen) atoms. The van der Waals surface area contributed by atoms with Crippen molar-refractivity contribution in [2.45, 2.75) is 12.1 Å². The zero-order chi connectivity index (χ0) is 16.0. The van der Waals surface area contributed by atoms with Gasteiger partial charge in [-0.1, -0.05) is 0 Å². The van der Waals surface area contributed by atoms with Crippen molar-refractivity contribution in [1.29, 1.82) is 0 Å². The van der Waals surface area contributed by atoms with Gasteiger partial charge in [-0.2, -0.15) is 4.98 Å². The molecule has 0 radical (unpaired) electrons. The summed E-state index contributed by atoms with van der Waals surface area (Å²) in [4.78, 5) is 24.0. The topological polar surface area (TPSA) is 69.0 Å². The summed E-state index contributed by atoms with van der Waals surface area (Å²) >= 11 is 1.19. The minimum atomic E-state index is -0.303. The molecular formula is C13H22N6O2S. The lowest BCUT2D eigenvalue weighted by Gasteiger charge is -2.43. The average Bonchev–Trinajstić information content (AvgIpc) is 2.68. The third-order valence-corrected chi connectivity index (χ3v) is 5.56. The maximum absolute atomic E-state index is 11.3. The molecule has 1 aromatic rings. The molecule has 0 bridgehead atoms. The van der Waals surface area contributed by atoms with Gasteiger partial charge in [0, 0.05) is 38.3 Å². The molecule has 2 aliphatic rings. The summed E-state index contributed by atoms with van der Waals surface area (Å²) < 4.78 is 0. The molecule has 3 heterocycles. The van der Waals surface area contributed by atoms with Crippen molar-refractivity contribution >= 4 is 27.3 Å². The Kier molecular flexibility index (Phi) is 3.96. The third-order valence-electron chi connectivity index (χ3n) is 4.50. The predicted octanol–water partition coefficient (Wildman–Crippen LogP) is 0.552. The highest BCUT2D eigenvalue weighted by Gasteiger charge is 2.38. The maximum Gasteiger partial charge on any atom is 0.369 e. The summed E-state index contributed by atoms with van der Waals surface area (Å²) in [6, 6.07) is 0.959. The number of hydrogen-bond donors (Lipinski definition) is 0. The number of anilines is 2. The van der Waals surface area contributed by atoms with Crippen LogP contribution in [0, 0.1) is 10.1 Å². The molecule has 1 aromatic heterocycles. The van der Waals surface area contributed by atoms with E-state index in [-0.39, 0.29) is 9.92 Å². The number of thiazole rings is 1. The monoisotopic (exact) mass is 326 g/mol. The SMILES string of the molecule is CN(C)C1CN(c2nc(N3CC(N(C)C)C3)c([N+](=O)[O-])s2)C1. The van der Waals surface area contributed by atoms with Gasteiger partial charge in [0.25, 0.3) is 0 Å². The van der Waals surface area contributed by atoms with Crippen LogP contribution in [-0.4, -0.2) is 86.2 Å². The van der Waals surface area contributed by atoms with E-state index in [0.717, 1.165) is 31.3 Å². The summed E-state index contributed by atoms with van der Waals surface area (Å²) in [5, 5.41) is 12.2. The molecule has 3 rings (SSSR count). The zero-order valence-corrected chi connectivity index (χ0v) is 14.2. The van der Waals surface area contributed by atoms with Gasteiger partial charge in [0.2, 0.25) is 5.82 Å². The maximum atomic E-state index is 11.3. The average molecular weight is 326 g/mol. The Balaban J connectivity index is 1.72. The van der Waals surface area contributed by atoms with Crippen LogP contribution in [0.15, 0.2) is 0 Å². The van der Waals surface area contributed by atoms with Crippen LogP contribution >= 0.6 is 11.3 Å². The van der Waals surface area contributed by atoms with Crippen molar-refractivity contribution in [2.75, 3.05) is 64.2 Å². The van der Waals surface area contributed by atoms with Crippen LogP contribution in [0.4, 0.5) is 16.0 Å². The van der Waals surface area contributed by atoms with E-state index in [9.17, 15) is 10.1 Å². The summed E-state index contributed by atoms with van der Waals surface area (Å²) in [7, 11) is 8.17. The van der Waals surface area contributed by atoms with E-state index in [0.29, 0.717) is 17.9 Å². The second-order valence-corrected chi connectivity index (χ2v) is 7.38. The van der Waals surface area contributed by atoms with Crippen LogP contribution in [0.3, 0.4) is 0 Å². The van der Waals surface area contributed by atoms with Gasteiger partial charge in [-0.3, -0.25) is 10.1 Å². The molecule has 122 valence electrons. The highest BCUT2D eigenvalue weighted by atomic mass is 32.1. The third kappa shape index (κ3) is 2.64. The van der Waals surface area contributed by atoms with Gasteiger partial charge in [0.1, 0.15) is 0 Å². The number of likely N-dealkylation sites (N-methyl/N-ethyl adjacent to an activating group) is 2. The molecule has 0 saturated carbocycles. The normalized spacial score (nSPS) is 19.7. The Morgan fingerprint density at radius 2 is 1.59 bits per heavy atom. The molecular weight excluding hydrogens is 304 g/mol. The fourth-order valence-electron chi connectivity index (χ4n) is 2.65. The van der Waals surface area contributed by atoms with Gasteiger partial charge in [-0.05, 0) is 39.5 Å². The molecule has 2 saturated heterocycles. The quantitative estimate of drug-likeness (QED) is 0.578. The molecule has 2 aliphatic heterocycles. The second-order valence-electron chi connectivity index (χ2n) is 6.43. The molecule has 2 fully saturated rings. The van der Waals surface area contributed by atoms with Crippen LogP contribution in [0.25, 0.3) is 0 Å². The Bertz CT molecular complexity index is 563. The highest BCUT2D eigenvalue weighted by molar-refractivity contribution is 7.19. The van der Waals surface area contributed by atoms with Crippen LogP contribution in [0.1, 0.15) is 0 Å². The number of hydrogen-bond acceptors (Lipinski definition) is 8. The summed E-state index contributed by atoms with van der Waals surface area (Å²) in [6.07, 6.45) is 0. The summed E-state index contributed by atoms with van der Waals surface area (Å²) in [5.41, 5.74) is 0. The van der Waals surface area contributed by atoms with E-state index >= 15 is 0 Å². The van der Waals surface area contributed by atoms with Gasteiger partial charge in [-0.15, -0.1) is 0 Å². The summed E-state index contributed by atoms with van der Waals surface area (Å²) in [6.45, 7) is 3.38. The van der Waals surface area contributed by atoms with Crippen molar-refractivity contribution in [2.24, 2.45) is 0 Å². The second kappa shape index (κ2) is 5.64. The van der Waals surface area contributed by atoms with Gasteiger partial charge < -0.3 is 19.6 Å². The lowest BCUT2D eigenvalue weighted by atomic mass is 10.1. The van der Waals surface area contributed by atoms with Crippen molar-refractivity contribution < 1.29 is 4.92 Å². The van der Waals surface area contributed by atoms with Crippen LogP contribution in [0.5, 0.6) is 0 Å². The number of nitrogens with zero attached hydrogens (tertiary/aromatic N) is 6. The molecule has 0 N–H and O–H groups in total.